The molecule has 0 saturated carbocycles. The predicted octanol–water partition coefficient (Wildman–Crippen LogP) is 4.19. The van der Waals surface area contributed by atoms with Gasteiger partial charge in [-0.2, -0.15) is 10.4 Å². The number of rotatable bonds is 9. The van der Waals surface area contributed by atoms with Crippen LogP contribution < -0.4 is 10.6 Å². The van der Waals surface area contributed by atoms with Crippen LogP contribution in [-0.4, -0.2) is 51.6 Å². The summed E-state index contributed by atoms with van der Waals surface area (Å²) in [6.45, 7) is 10.5. The van der Waals surface area contributed by atoms with E-state index in [0.717, 1.165) is 16.7 Å². The van der Waals surface area contributed by atoms with Crippen molar-refractivity contribution in [3.8, 4) is 6.07 Å². The summed E-state index contributed by atoms with van der Waals surface area (Å²) in [6.07, 6.45) is 5.82. The normalized spacial score (nSPS) is 16.9. The van der Waals surface area contributed by atoms with Crippen LogP contribution in [0.1, 0.15) is 49.9 Å². The Bertz CT molecular complexity index is 1330. The lowest BCUT2D eigenvalue weighted by molar-refractivity contribution is 0.00578. The van der Waals surface area contributed by atoms with Gasteiger partial charge in [0.1, 0.15) is 24.4 Å². The standard InChI is InChI=1S/C29H35BN6O3/c1-21-9-11-23(12-10-21)17-26(30-38-28(2,3)29(4,5)39-30)35-27(37)33-14-13-22-7-6-8-24(15-22)16-25(18-31)36-20-32-19-34-36/h6-12,15-16,19-20,26H,13-14,17H2,1-5H3,(H2,33,35,37)/t26-/m0/s1. The fourth-order valence-electron chi connectivity index (χ4n) is 4.26. The summed E-state index contributed by atoms with van der Waals surface area (Å²) in [5.74, 6) is -0.372. The highest BCUT2D eigenvalue weighted by Gasteiger charge is 2.54. The van der Waals surface area contributed by atoms with Crippen molar-refractivity contribution in [2.75, 3.05) is 6.54 Å². The Morgan fingerprint density at radius 2 is 1.85 bits per heavy atom. The minimum Gasteiger partial charge on any atom is -0.402 e. The predicted molar refractivity (Wildman–Crippen MR) is 151 cm³/mol. The van der Waals surface area contributed by atoms with Crippen LogP contribution in [0.5, 0.6) is 0 Å². The van der Waals surface area contributed by atoms with Gasteiger partial charge in [-0.3, -0.25) is 0 Å². The number of hydrogen-bond acceptors (Lipinski definition) is 6. The third kappa shape index (κ3) is 7.13. The summed E-state index contributed by atoms with van der Waals surface area (Å²) in [5, 5.41) is 19.5. The van der Waals surface area contributed by atoms with Gasteiger partial charge in [0.15, 0.2) is 0 Å². The van der Waals surface area contributed by atoms with Gasteiger partial charge >= 0.3 is 13.1 Å². The van der Waals surface area contributed by atoms with Gasteiger partial charge in [0.05, 0.1) is 17.1 Å². The fraction of sp³-hybridized carbons (Fsp3) is 0.379. The Balaban J connectivity index is 1.38. The largest absolute Gasteiger partial charge is 0.482 e. The van der Waals surface area contributed by atoms with Crippen LogP contribution in [0, 0.1) is 18.3 Å². The smallest absolute Gasteiger partial charge is 0.402 e. The molecule has 10 heteroatoms. The van der Waals surface area contributed by atoms with E-state index in [1.165, 1.54) is 22.9 Å². The highest BCUT2D eigenvalue weighted by atomic mass is 16.7. The zero-order chi connectivity index (χ0) is 28.0. The second kappa shape index (κ2) is 11.8. The molecule has 1 fully saturated rings. The molecule has 1 saturated heterocycles. The maximum Gasteiger partial charge on any atom is 0.482 e. The van der Waals surface area contributed by atoms with Crippen LogP contribution >= 0.6 is 0 Å². The molecule has 1 atom stereocenters. The molecule has 0 aliphatic carbocycles. The zero-order valence-corrected chi connectivity index (χ0v) is 23.1. The highest BCUT2D eigenvalue weighted by Crippen LogP contribution is 2.37. The Labute approximate surface area is 230 Å². The number of aryl methyl sites for hydroxylation is 1. The Morgan fingerprint density at radius 3 is 2.49 bits per heavy atom. The van der Waals surface area contributed by atoms with E-state index in [-0.39, 0.29) is 12.0 Å². The zero-order valence-electron chi connectivity index (χ0n) is 23.1. The summed E-state index contributed by atoms with van der Waals surface area (Å²) < 4.78 is 14.0. The molecule has 0 bridgehead atoms. The van der Waals surface area contributed by atoms with Gasteiger partial charge in [-0.15, -0.1) is 0 Å². The quantitative estimate of drug-likeness (QED) is 0.319. The topological polar surface area (TPSA) is 114 Å². The van der Waals surface area contributed by atoms with Gasteiger partial charge in [-0.25, -0.2) is 14.5 Å². The number of carbonyl (C=O) groups excluding carboxylic acids is 1. The van der Waals surface area contributed by atoms with E-state index in [1.807, 2.05) is 58.9 Å². The van der Waals surface area contributed by atoms with E-state index in [2.05, 4.69) is 51.1 Å². The highest BCUT2D eigenvalue weighted by molar-refractivity contribution is 6.48. The number of amides is 2. The van der Waals surface area contributed by atoms with Gasteiger partial charge in [-0.05, 0) is 70.2 Å². The molecule has 3 aromatic rings. The number of benzene rings is 2. The maximum atomic E-state index is 13.0. The second-order valence-corrected chi connectivity index (χ2v) is 10.8. The van der Waals surface area contributed by atoms with Crippen LogP contribution in [0.15, 0.2) is 61.2 Å². The number of nitrogens with zero attached hydrogens (tertiary/aromatic N) is 4. The minimum absolute atomic E-state index is 0.282. The monoisotopic (exact) mass is 526 g/mol. The van der Waals surface area contributed by atoms with Crippen molar-refractivity contribution < 1.29 is 14.1 Å². The maximum absolute atomic E-state index is 13.0. The van der Waals surface area contributed by atoms with Crippen molar-refractivity contribution in [2.45, 2.75) is 64.6 Å². The molecular formula is C29H35BN6O3. The molecule has 9 nitrogen and oxygen atoms in total. The van der Waals surface area contributed by atoms with Crippen molar-refractivity contribution in [1.29, 1.82) is 5.26 Å². The van der Waals surface area contributed by atoms with Crippen LogP contribution in [-0.2, 0) is 22.2 Å². The summed E-state index contributed by atoms with van der Waals surface area (Å²) in [4.78, 5) is 16.8. The molecule has 2 N–H and O–H groups in total. The first-order valence-electron chi connectivity index (χ1n) is 13.1. The van der Waals surface area contributed by atoms with Crippen molar-refractivity contribution >= 4 is 24.9 Å². The first-order valence-corrected chi connectivity index (χ1v) is 13.1. The molecule has 1 aliphatic heterocycles. The van der Waals surface area contributed by atoms with E-state index in [9.17, 15) is 10.1 Å². The summed E-state index contributed by atoms with van der Waals surface area (Å²) in [7, 11) is -0.579. The molecule has 39 heavy (non-hydrogen) atoms. The van der Waals surface area contributed by atoms with Crippen molar-refractivity contribution in [1.82, 2.24) is 25.4 Å². The molecule has 2 heterocycles. The van der Waals surface area contributed by atoms with Crippen LogP contribution in [0.4, 0.5) is 4.79 Å². The lowest BCUT2D eigenvalue weighted by Gasteiger charge is -2.32. The number of carbonyl (C=O) groups is 1. The number of nitriles is 1. The van der Waals surface area contributed by atoms with Crippen molar-refractivity contribution in [2.24, 2.45) is 0 Å². The summed E-state index contributed by atoms with van der Waals surface area (Å²) in [6, 6.07) is 17.9. The summed E-state index contributed by atoms with van der Waals surface area (Å²) in [5.41, 5.74) is 3.53. The van der Waals surface area contributed by atoms with Crippen LogP contribution in [0.2, 0.25) is 0 Å². The number of hydrogen-bond donors (Lipinski definition) is 2. The Kier molecular flexibility index (Phi) is 8.53. The molecule has 202 valence electrons. The van der Waals surface area contributed by atoms with Gasteiger partial charge in [-0.1, -0.05) is 54.1 Å². The number of allylic oxidation sites excluding steroid dienone is 1. The molecular weight excluding hydrogens is 491 g/mol. The SMILES string of the molecule is Cc1ccc(C[C@H](NC(=O)NCCc2cccc(C=C(C#N)n3cncn3)c2)B2OC(C)(C)C(C)(C)O2)cc1. The molecule has 0 spiro atoms. The van der Waals surface area contributed by atoms with Crippen molar-refractivity contribution in [3.05, 3.63) is 83.4 Å². The molecule has 0 unspecified atom stereocenters. The first-order chi connectivity index (χ1) is 18.6. The van der Waals surface area contributed by atoms with Gasteiger partial charge in [0.2, 0.25) is 0 Å². The van der Waals surface area contributed by atoms with Gasteiger partial charge < -0.3 is 19.9 Å². The van der Waals surface area contributed by atoms with Crippen molar-refractivity contribution in [3.63, 3.8) is 0 Å². The third-order valence-corrected chi connectivity index (χ3v) is 7.23. The number of nitrogens with one attached hydrogen (secondary N) is 2. The van der Waals surface area contributed by atoms with Gasteiger partial charge in [0, 0.05) is 6.54 Å². The first kappa shape index (κ1) is 28.1. The molecule has 2 aromatic carbocycles. The molecule has 2 amide bonds. The lowest BCUT2D eigenvalue weighted by atomic mass is 9.75. The number of aromatic nitrogens is 3. The van der Waals surface area contributed by atoms with Gasteiger partial charge in [0.25, 0.3) is 0 Å². The fourth-order valence-corrected chi connectivity index (χ4v) is 4.26. The summed E-state index contributed by atoms with van der Waals surface area (Å²) >= 11 is 0. The lowest BCUT2D eigenvalue weighted by Crippen LogP contribution is -2.52. The Hall–Kier alpha value is -3.94. The van der Waals surface area contributed by atoms with Crippen LogP contribution in [0.25, 0.3) is 11.8 Å². The van der Waals surface area contributed by atoms with E-state index < -0.39 is 18.3 Å². The number of urea groups is 1. The third-order valence-electron chi connectivity index (χ3n) is 7.23. The average molecular weight is 526 g/mol. The van der Waals surface area contributed by atoms with E-state index in [1.54, 1.807) is 6.08 Å². The average Bonchev–Trinajstić information content (AvgIpc) is 3.49. The van der Waals surface area contributed by atoms with E-state index in [4.69, 9.17) is 9.31 Å². The molecule has 0 radical (unpaired) electrons. The minimum atomic E-state index is -0.579. The second-order valence-electron chi connectivity index (χ2n) is 10.8. The van der Waals surface area contributed by atoms with E-state index >= 15 is 0 Å². The molecule has 4 rings (SSSR count). The molecule has 1 aliphatic rings. The Morgan fingerprint density at radius 1 is 1.13 bits per heavy atom. The van der Waals surface area contributed by atoms with E-state index in [0.29, 0.717) is 25.1 Å². The van der Waals surface area contributed by atoms with Crippen LogP contribution in [0.3, 0.4) is 0 Å². The molecule has 1 aromatic heterocycles.